The predicted molar refractivity (Wildman–Crippen MR) is 53.5 cm³/mol. The number of phenols is 1. The van der Waals surface area contributed by atoms with Gasteiger partial charge in [0.1, 0.15) is 5.75 Å². The fraction of sp³-hybridized carbons (Fsp3) is 0.400. The SMILES string of the molecule is CCc1ccc(O)cc1[C@H](N)CN. The second-order valence-electron chi connectivity index (χ2n) is 3.08. The standard InChI is InChI=1S/C10H16N2O/c1-2-7-3-4-8(13)5-9(7)10(12)6-11/h3-5,10,13H,2,6,11-12H2,1H3/t10-/m1/s1. The molecule has 0 aromatic heterocycles. The van der Waals surface area contributed by atoms with E-state index < -0.39 is 0 Å². The normalized spacial score (nSPS) is 12.8. The molecule has 0 aliphatic heterocycles. The summed E-state index contributed by atoms with van der Waals surface area (Å²) in [5, 5.41) is 9.28. The van der Waals surface area contributed by atoms with E-state index in [1.54, 1.807) is 12.1 Å². The highest BCUT2D eigenvalue weighted by atomic mass is 16.3. The Labute approximate surface area is 78.4 Å². The van der Waals surface area contributed by atoms with Crippen LogP contribution in [0.3, 0.4) is 0 Å². The lowest BCUT2D eigenvalue weighted by molar-refractivity contribution is 0.473. The fourth-order valence-electron chi connectivity index (χ4n) is 1.38. The van der Waals surface area contributed by atoms with Crippen molar-refractivity contribution in [1.82, 2.24) is 0 Å². The van der Waals surface area contributed by atoms with Crippen LogP contribution in [0.2, 0.25) is 0 Å². The van der Waals surface area contributed by atoms with E-state index in [0.717, 1.165) is 17.5 Å². The quantitative estimate of drug-likeness (QED) is 0.647. The summed E-state index contributed by atoms with van der Waals surface area (Å²) in [6, 6.07) is 5.07. The van der Waals surface area contributed by atoms with Crippen molar-refractivity contribution in [3.05, 3.63) is 29.3 Å². The van der Waals surface area contributed by atoms with E-state index in [4.69, 9.17) is 11.5 Å². The summed E-state index contributed by atoms with van der Waals surface area (Å²) in [5.41, 5.74) is 13.4. The van der Waals surface area contributed by atoms with E-state index in [1.165, 1.54) is 0 Å². The van der Waals surface area contributed by atoms with Crippen molar-refractivity contribution in [3.8, 4) is 5.75 Å². The van der Waals surface area contributed by atoms with Gasteiger partial charge in [-0.15, -0.1) is 0 Å². The molecule has 3 heteroatoms. The molecule has 0 radical (unpaired) electrons. The summed E-state index contributed by atoms with van der Waals surface area (Å²) in [6.45, 7) is 2.45. The number of hydrogen-bond donors (Lipinski definition) is 3. The van der Waals surface area contributed by atoms with Gasteiger partial charge in [0.2, 0.25) is 0 Å². The molecule has 3 nitrogen and oxygen atoms in total. The van der Waals surface area contributed by atoms with Crippen LogP contribution in [0.5, 0.6) is 5.75 Å². The number of phenolic OH excluding ortho intramolecular Hbond substituents is 1. The van der Waals surface area contributed by atoms with Gasteiger partial charge in [-0.25, -0.2) is 0 Å². The van der Waals surface area contributed by atoms with E-state index >= 15 is 0 Å². The van der Waals surface area contributed by atoms with Crippen LogP contribution in [0.1, 0.15) is 24.1 Å². The molecule has 0 fully saturated rings. The highest BCUT2D eigenvalue weighted by molar-refractivity contribution is 5.37. The average molecular weight is 180 g/mol. The van der Waals surface area contributed by atoms with Gasteiger partial charge in [-0.1, -0.05) is 13.0 Å². The molecule has 1 aromatic rings. The number of rotatable bonds is 3. The third-order valence-electron chi connectivity index (χ3n) is 2.16. The molecule has 1 rings (SSSR count). The Morgan fingerprint density at radius 1 is 1.46 bits per heavy atom. The molecule has 0 spiro atoms. The first-order valence-electron chi connectivity index (χ1n) is 4.46. The molecule has 13 heavy (non-hydrogen) atoms. The van der Waals surface area contributed by atoms with Crippen LogP contribution in [0.25, 0.3) is 0 Å². The minimum absolute atomic E-state index is 0.179. The lowest BCUT2D eigenvalue weighted by Crippen LogP contribution is -2.21. The van der Waals surface area contributed by atoms with Crippen molar-refractivity contribution >= 4 is 0 Å². The first kappa shape index (κ1) is 10.0. The van der Waals surface area contributed by atoms with Gasteiger partial charge in [-0.05, 0) is 29.7 Å². The van der Waals surface area contributed by atoms with Crippen LogP contribution < -0.4 is 11.5 Å². The molecule has 1 atom stereocenters. The highest BCUT2D eigenvalue weighted by Crippen LogP contribution is 2.21. The maximum absolute atomic E-state index is 9.28. The molecule has 0 saturated heterocycles. The molecule has 0 heterocycles. The van der Waals surface area contributed by atoms with Gasteiger partial charge in [-0.3, -0.25) is 0 Å². The lowest BCUT2D eigenvalue weighted by Gasteiger charge is -2.13. The Morgan fingerprint density at radius 2 is 2.15 bits per heavy atom. The fourth-order valence-corrected chi connectivity index (χ4v) is 1.38. The molecule has 72 valence electrons. The van der Waals surface area contributed by atoms with Gasteiger partial charge >= 0.3 is 0 Å². The molecular weight excluding hydrogens is 164 g/mol. The minimum atomic E-state index is -0.179. The minimum Gasteiger partial charge on any atom is -0.508 e. The summed E-state index contributed by atoms with van der Waals surface area (Å²) in [6.07, 6.45) is 0.906. The molecule has 0 amide bonds. The van der Waals surface area contributed by atoms with Gasteiger partial charge in [0.05, 0.1) is 0 Å². The third-order valence-corrected chi connectivity index (χ3v) is 2.16. The predicted octanol–water partition coefficient (Wildman–Crippen LogP) is 0.913. The van der Waals surface area contributed by atoms with E-state index in [9.17, 15) is 5.11 Å². The molecule has 1 aromatic carbocycles. The average Bonchev–Trinajstić information content (AvgIpc) is 2.16. The molecule has 0 unspecified atom stereocenters. The van der Waals surface area contributed by atoms with Crippen molar-refractivity contribution in [2.75, 3.05) is 6.54 Å². The summed E-state index contributed by atoms with van der Waals surface area (Å²) in [7, 11) is 0. The maximum atomic E-state index is 9.28. The van der Waals surface area contributed by atoms with Crippen molar-refractivity contribution in [2.24, 2.45) is 11.5 Å². The number of aromatic hydroxyl groups is 1. The lowest BCUT2D eigenvalue weighted by atomic mass is 9.99. The van der Waals surface area contributed by atoms with Crippen LogP contribution >= 0.6 is 0 Å². The third kappa shape index (κ3) is 2.20. The van der Waals surface area contributed by atoms with Gasteiger partial charge in [0, 0.05) is 12.6 Å². The highest BCUT2D eigenvalue weighted by Gasteiger charge is 2.08. The van der Waals surface area contributed by atoms with E-state index in [0.29, 0.717) is 6.54 Å². The Hall–Kier alpha value is -1.06. The van der Waals surface area contributed by atoms with Crippen LogP contribution in [-0.2, 0) is 6.42 Å². The Kier molecular flexibility index (Phi) is 3.28. The zero-order chi connectivity index (χ0) is 9.84. The number of benzene rings is 1. The molecule has 0 saturated carbocycles. The van der Waals surface area contributed by atoms with Crippen molar-refractivity contribution in [1.29, 1.82) is 0 Å². The van der Waals surface area contributed by atoms with Crippen molar-refractivity contribution < 1.29 is 5.11 Å². The van der Waals surface area contributed by atoms with Crippen molar-refractivity contribution in [2.45, 2.75) is 19.4 Å². The van der Waals surface area contributed by atoms with E-state index in [1.807, 2.05) is 6.07 Å². The van der Waals surface area contributed by atoms with Crippen LogP contribution in [0.4, 0.5) is 0 Å². The van der Waals surface area contributed by atoms with Gasteiger partial charge in [-0.2, -0.15) is 0 Å². The molecule has 0 aliphatic rings. The molecule has 0 aliphatic carbocycles. The maximum Gasteiger partial charge on any atom is 0.115 e. The van der Waals surface area contributed by atoms with Crippen LogP contribution in [-0.4, -0.2) is 11.7 Å². The summed E-state index contributed by atoms with van der Waals surface area (Å²) >= 11 is 0. The zero-order valence-electron chi connectivity index (χ0n) is 7.83. The first-order valence-corrected chi connectivity index (χ1v) is 4.46. The van der Waals surface area contributed by atoms with Gasteiger partial charge < -0.3 is 16.6 Å². The smallest absolute Gasteiger partial charge is 0.115 e. The molecular formula is C10H16N2O. The Balaban J connectivity index is 3.07. The molecule has 0 bridgehead atoms. The second kappa shape index (κ2) is 4.25. The first-order chi connectivity index (χ1) is 6.19. The van der Waals surface area contributed by atoms with Crippen LogP contribution in [0, 0.1) is 0 Å². The van der Waals surface area contributed by atoms with Gasteiger partial charge in [0.15, 0.2) is 0 Å². The van der Waals surface area contributed by atoms with Crippen molar-refractivity contribution in [3.63, 3.8) is 0 Å². The topological polar surface area (TPSA) is 72.3 Å². The van der Waals surface area contributed by atoms with E-state index in [-0.39, 0.29) is 11.8 Å². The Bertz CT molecular complexity index is 286. The van der Waals surface area contributed by atoms with Crippen LogP contribution in [0.15, 0.2) is 18.2 Å². The van der Waals surface area contributed by atoms with Gasteiger partial charge in [0.25, 0.3) is 0 Å². The summed E-state index contributed by atoms with van der Waals surface area (Å²) < 4.78 is 0. The largest absolute Gasteiger partial charge is 0.508 e. The number of nitrogens with two attached hydrogens (primary N) is 2. The number of aryl methyl sites for hydroxylation is 1. The monoisotopic (exact) mass is 180 g/mol. The summed E-state index contributed by atoms with van der Waals surface area (Å²) in [4.78, 5) is 0. The van der Waals surface area contributed by atoms with E-state index in [2.05, 4.69) is 6.92 Å². The molecule has 5 N–H and O–H groups in total. The second-order valence-corrected chi connectivity index (χ2v) is 3.08. The summed E-state index contributed by atoms with van der Waals surface area (Å²) in [5.74, 6) is 0.246. The zero-order valence-corrected chi connectivity index (χ0v) is 7.83. The number of hydrogen-bond acceptors (Lipinski definition) is 3. The Morgan fingerprint density at radius 3 is 2.69 bits per heavy atom.